The zero-order valence-corrected chi connectivity index (χ0v) is 21.0. The second-order valence-corrected chi connectivity index (χ2v) is 10.6. The fraction of sp³-hybridized carbons (Fsp3) is 0.269. The summed E-state index contributed by atoms with van der Waals surface area (Å²) in [5.74, 6) is 0.207. The molecule has 0 bridgehead atoms. The minimum absolute atomic E-state index is 0.0621. The van der Waals surface area contributed by atoms with Crippen LogP contribution in [0.1, 0.15) is 37.7 Å². The molecule has 0 atom stereocenters. The summed E-state index contributed by atoms with van der Waals surface area (Å²) in [7, 11) is 0. The van der Waals surface area contributed by atoms with E-state index >= 15 is 0 Å². The number of anilines is 1. The molecular weight excluding hydrogens is 452 g/mol. The molecule has 1 amide bonds. The molecule has 0 saturated heterocycles. The van der Waals surface area contributed by atoms with E-state index in [0.29, 0.717) is 5.02 Å². The van der Waals surface area contributed by atoms with Crippen molar-refractivity contribution < 1.29 is 4.79 Å². The number of thioether (sulfide) groups is 1. The van der Waals surface area contributed by atoms with Gasteiger partial charge >= 0.3 is 0 Å². The molecule has 1 N–H and O–H groups in total. The largest absolute Gasteiger partial charge is 0.325 e. The highest BCUT2D eigenvalue weighted by Gasteiger charge is 2.22. The van der Waals surface area contributed by atoms with Crippen molar-refractivity contribution in [1.29, 1.82) is 0 Å². The van der Waals surface area contributed by atoms with Crippen molar-refractivity contribution in [3.8, 4) is 11.1 Å². The highest BCUT2D eigenvalue weighted by Crippen LogP contribution is 2.33. The SMILES string of the molecule is Cc1ccc(NC(=O)CSc2cc(C(C)(C)C)nc3c(-c4ccc(Cl)cc4)c(C)nn23)cc1. The number of hydrogen-bond acceptors (Lipinski definition) is 4. The zero-order valence-electron chi connectivity index (χ0n) is 19.4. The van der Waals surface area contributed by atoms with Crippen LogP contribution < -0.4 is 5.32 Å². The summed E-state index contributed by atoms with van der Waals surface area (Å²) in [6.45, 7) is 10.4. The van der Waals surface area contributed by atoms with Gasteiger partial charge < -0.3 is 5.32 Å². The number of amides is 1. The van der Waals surface area contributed by atoms with Gasteiger partial charge in [-0.25, -0.2) is 9.50 Å². The first-order chi connectivity index (χ1) is 15.6. The van der Waals surface area contributed by atoms with E-state index < -0.39 is 0 Å². The molecule has 0 aliphatic heterocycles. The topological polar surface area (TPSA) is 59.3 Å². The molecule has 2 aromatic heterocycles. The van der Waals surface area contributed by atoms with Crippen LogP contribution in [-0.4, -0.2) is 26.3 Å². The van der Waals surface area contributed by atoms with E-state index in [-0.39, 0.29) is 17.1 Å². The summed E-state index contributed by atoms with van der Waals surface area (Å²) < 4.78 is 1.85. The van der Waals surface area contributed by atoms with Crippen LogP contribution in [-0.2, 0) is 10.2 Å². The van der Waals surface area contributed by atoms with E-state index in [4.69, 9.17) is 21.7 Å². The van der Waals surface area contributed by atoms with E-state index in [1.54, 1.807) is 0 Å². The molecular formula is C26H27ClN4OS. The number of rotatable bonds is 5. The van der Waals surface area contributed by atoms with Crippen LogP contribution in [0.15, 0.2) is 59.6 Å². The van der Waals surface area contributed by atoms with Gasteiger partial charge in [0, 0.05) is 21.7 Å². The van der Waals surface area contributed by atoms with Gasteiger partial charge in [0.25, 0.3) is 0 Å². The minimum atomic E-state index is -0.156. The summed E-state index contributed by atoms with van der Waals surface area (Å²) in [6, 6.07) is 17.5. The third-order valence-electron chi connectivity index (χ3n) is 5.32. The van der Waals surface area contributed by atoms with Gasteiger partial charge in [-0.3, -0.25) is 4.79 Å². The van der Waals surface area contributed by atoms with Crippen LogP contribution in [0.4, 0.5) is 5.69 Å². The molecule has 4 rings (SSSR count). The van der Waals surface area contributed by atoms with Crippen molar-refractivity contribution in [1.82, 2.24) is 14.6 Å². The number of nitrogens with zero attached hydrogens (tertiary/aromatic N) is 3. The average molecular weight is 479 g/mol. The Balaban J connectivity index is 1.69. The number of carbonyl (C=O) groups excluding carboxylic acids is 1. The van der Waals surface area contributed by atoms with Gasteiger partial charge in [-0.15, -0.1) is 0 Å². The van der Waals surface area contributed by atoms with Crippen molar-refractivity contribution in [3.63, 3.8) is 0 Å². The lowest BCUT2D eigenvalue weighted by Gasteiger charge is -2.19. The number of aryl methyl sites for hydroxylation is 2. The lowest BCUT2D eigenvalue weighted by molar-refractivity contribution is -0.113. The van der Waals surface area contributed by atoms with E-state index in [2.05, 4.69) is 26.1 Å². The quantitative estimate of drug-likeness (QED) is 0.256. The molecule has 0 fully saturated rings. The second kappa shape index (κ2) is 9.20. The van der Waals surface area contributed by atoms with Crippen LogP contribution in [0.3, 0.4) is 0 Å². The van der Waals surface area contributed by atoms with Crippen LogP contribution >= 0.6 is 23.4 Å². The van der Waals surface area contributed by atoms with Crippen LogP contribution in [0.5, 0.6) is 0 Å². The van der Waals surface area contributed by atoms with Gasteiger partial charge in [-0.2, -0.15) is 5.10 Å². The Bertz CT molecular complexity index is 1310. The second-order valence-electron chi connectivity index (χ2n) is 9.14. The van der Waals surface area contributed by atoms with Gasteiger partial charge in [0.1, 0.15) is 5.03 Å². The molecule has 4 aromatic rings. The van der Waals surface area contributed by atoms with Gasteiger partial charge in [0.05, 0.1) is 17.1 Å². The zero-order chi connectivity index (χ0) is 23.8. The molecule has 5 nitrogen and oxygen atoms in total. The summed E-state index contributed by atoms with van der Waals surface area (Å²) in [6.07, 6.45) is 0. The van der Waals surface area contributed by atoms with Crippen LogP contribution in [0.2, 0.25) is 5.02 Å². The number of carbonyl (C=O) groups is 1. The third kappa shape index (κ3) is 5.23. The number of nitrogens with one attached hydrogen (secondary N) is 1. The smallest absolute Gasteiger partial charge is 0.234 e. The molecule has 33 heavy (non-hydrogen) atoms. The maximum Gasteiger partial charge on any atom is 0.234 e. The molecule has 2 aromatic carbocycles. The van der Waals surface area contributed by atoms with Crippen LogP contribution in [0.25, 0.3) is 16.8 Å². The molecule has 170 valence electrons. The average Bonchev–Trinajstić information content (AvgIpc) is 3.09. The summed E-state index contributed by atoms with van der Waals surface area (Å²) in [5, 5.41) is 9.31. The van der Waals surface area contributed by atoms with Crippen molar-refractivity contribution >= 4 is 40.6 Å². The van der Waals surface area contributed by atoms with E-state index in [1.165, 1.54) is 11.8 Å². The summed E-state index contributed by atoms with van der Waals surface area (Å²) in [4.78, 5) is 17.6. The molecule has 0 unspecified atom stereocenters. The molecule has 0 aliphatic carbocycles. The normalized spacial score (nSPS) is 11.7. The maximum atomic E-state index is 12.6. The third-order valence-corrected chi connectivity index (χ3v) is 6.56. The molecule has 0 aliphatic rings. The number of benzene rings is 2. The number of hydrogen-bond donors (Lipinski definition) is 1. The van der Waals surface area contributed by atoms with Gasteiger partial charge in [-0.1, -0.05) is 74.0 Å². The molecule has 2 heterocycles. The molecule has 0 radical (unpaired) electrons. The summed E-state index contributed by atoms with van der Waals surface area (Å²) >= 11 is 7.56. The predicted molar refractivity (Wildman–Crippen MR) is 137 cm³/mol. The lowest BCUT2D eigenvalue weighted by Crippen LogP contribution is -2.17. The fourth-order valence-electron chi connectivity index (χ4n) is 3.51. The first-order valence-corrected chi connectivity index (χ1v) is 12.1. The Hall–Kier alpha value is -2.83. The lowest BCUT2D eigenvalue weighted by atomic mass is 9.92. The van der Waals surface area contributed by atoms with Gasteiger partial charge in [0.2, 0.25) is 5.91 Å². The Morgan fingerprint density at radius 3 is 2.36 bits per heavy atom. The first kappa shape index (κ1) is 23.3. The Morgan fingerprint density at radius 2 is 1.73 bits per heavy atom. The van der Waals surface area contributed by atoms with Crippen molar-refractivity contribution in [2.45, 2.75) is 45.1 Å². The maximum absolute atomic E-state index is 12.6. The number of fused-ring (bicyclic) bond motifs is 1. The minimum Gasteiger partial charge on any atom is -0.325 e. The monoisotopic (exact) mass is 478 g/mol. The van der Waals surface area contributed by atoms with Crippen molar-refractivity contribution in [2.24, 2.45) is 0 Å². The van der Waals surface area contributed by atoms with Gasteiger partial charge in [0.15, 0.2) is 5.65 Å². The fourth-order valence-corrected chi connectivity index (χ4v) is 4.43. The Morgan fingerprint density at radius 1 is 1.06 bits per heavy atom. The molecule has 0 saturated carbocycles. The Kier molecular flexibility index (Phi) is 6.50. The predicted octanol–water partition coefficient (Wildman–Crippen LogP) is 6.69. The van der Waals surface area contributed by atoms with Crippen molar-refractivity contribution in [2.75, 3.05) is 11.1 Å². The van der Waals surface area contributed by atoms with Crippen LogP contribution in [0, 0.1) is 13.8 Å². The Labute approximate surface area is 203 Å². The molecule has 7 heteroatoms. The standard InChI is InChI=1S/C26H27ClN4OS/c1-16-6-12-20(13-7-16)28-22(32)15-33-23-14-21(26(3,4)5)29-25-24(17(2)30-31(23)25)18-8-10-19(27)11-9-18/h6-14H,15H2,1-5H3,(H,28,32). The number of aromatic nitrogens is 3. The first-order valence-electron chi connectivity index (χ1n) is 10.8. The van der Waals surface area contributed by atoms with E-state index in [1.807, 2.05) is 73.0 Å². The van der Waals surface area contributed by atoms with E-state index in [9.17, 15) is 4.79 Å². The molecule has 0 spiro atoms. The summed E-state index contributed by atoms with van der Waals surface area (Å²) in [5.41, 5.74) is 6.39. The van der Waals surface area contributed by atoms with Gasteiger partial charge in [-0.05, 0) is 49.7 Å². The number of halogens is 1. The highest BCUT2D eigenvalue weighted by molar-refractivity contribution is 7.99. The highest BCUT2D eigenvalue weighted by atomic mass is 35.5. The van der Waals surface area contributed by atoms with Crippen molar-refractivity contribution in [3.05, 3.63) is 76.6 Å². The van der Waals surface area contributed by atoms with E-state index in [0.717, 1.165) is 44.4 Å².